The lowest BCUT2D eigenvalue weighted by Gasteiger charge is -2.35. The molecule has 3 heterocycles. The minimum Gasteiger partial charge on any atom is -0.465 e. The number of nitrogens with zero attached hydrogens (tertiary/aromatic N) is 4. The van der Waals surface area contributed by atoms with Crippen LogP contribution < -0.4 is 0 Å². The van der Waals surface area contributed by atoms with Crippen molar-refractivity contribution in [1.29, 1.82) is 0 Å². The van der Waals surface area contributed by atoms with E-state index >= 15 is 0 Å². The number of hydrogen-bond acceptors (Lipinski definition) is 3. The summed E-state index contributed by atoms with van der Waals surface area (Å²) in [6.07, 6.45) is 3.04. The summed E-state index contributed by atoms with van der Waals surface area (Å²) >= 11 is 0. The summed E-state index contributed by atoms with van der Waals surface area (Å²) in [5.41, 5.74) is 0.938. The van der Waals surface area contributed by atoms with Gasteiger partial charge in [-0.1, -0.05) is 6.92 Å². The van der Waals surface area contributed by atoms with Crippen molar-refractivity contribution in [3.8, 4) is 0 Å². The van der Waals surface area contributed by atoms with Crippen LogP contribution in [0.25, 0.3) is 0 Å². The summed E-state index contributed by atoms with van der Waals surface area (Å²) in [6, 6.07) is 0.117. The molecule has 1 fully saturated rings. The molecule has 2 amide bonds. The lowest BCUT2D eigenvalue weighted by atomic mass is 10.0. The van der Waals surface area contributed by atoms with Crippen molar-refractivity contribution in [2.24, 2.45) is 0 Å². The second-order valence-corrected chi connectivity index (χ2v) is 5.27. The summed E-state index contributed by atoms with van der Waals surface area (Å²) in [4.78, 5) is 30.9. The van der Waals surface area contributed by atoms with E-state index in [4.69, 9.17) is 5.11 Å². The Bertz CT molecular complexity index is 546. The zero-order valence-electron chi connectivity index (χ0n) is 11.4. The third-order valence-corrected chi connectivity index (χ3v) is 4.17. The number of carbonyl (C=O) groups excluding carboxylic acids is 1. The van der Waals surface area contributed by atoms with Crippen LogP contribution in [-0.2, 0) is 13.0 Å². The number of likely N-dealkylation sites (tertiary alicyclic amines) is 1. The number of aromatic nitrogens is 2. The molecule has 0 aromatic carbocycles. The molecule has 20 heavy (non-hydrogen) atoms. The van der Waals surface area contributed by atoms with Gasteiger partial charge in [0.05, 0.1) is 18.4 Å². The van der Waals surface area contributed by atoms with Crippen molar-refractivity contribution in [2.75, 3.05) is 13.1 Å². The summed E-state index contributed by atoms with van der Waals surface area (Å²) in [5, 5.41) is 8.95. The number of aryl methyl sites for hydroxylation is 1. The monoisotopic (exact) mass is 278 g/mol. The Hall–Kier alpha value is -2.05. The minimum absolute atomic E-state index is 0.0110. The molecule has 108 valence electrons. The molecule has 7 heteroatoms. The van der Waals surface area contributed by atoms with E-state index in [0.717, 1.165) is 17.9 Å². The lowest BCUT2D eigenvalue weighted by Crippen LogP contribution is -2.47. The number of carboxylic acid groups (broad SMARTS) is 1. The quantitative estimate of drug-likeness (QED) is 0.886. The van der Waals surface area contributed by atoms with Crippen LogP contribution in [0, 0.1) is 0 Å². The standard InChI is InChI=1S/C13H18N4O3/c1-2-11-14-7-10-8-16(12(18)17(10)11)9-3-5-15(6-4-9)13(19)20/h7,9H,2-6,8H2,1H3,(H,19,20). The van der Waals surface area contributed by atoms with Gasteiger partial charge in [0.15, 0.2) is 0 Å². The molecule has 0 atom stereocenters. The fourth-order valence-corrected chi connectivity index (χ4v) is 3.05. The Morgan fingerprint density at radius 1 is 1.45 bits per heavy atom. The molecule has 0 bridgehead atoms. The summed E-state index contributed by atoms with van der Waals surface area (Å²) in [6.45, 7) is 3.57. The van der Waals surface area contributed by atoms with Crippen LogP contribution in [0.15, 0.2) is 6.20 Å². The molecule has 1 N–H and O–H groups in total. The van der Waals surface area contributed by atoms with Crippen LogP contribution in [0.1, 0.15) is 31.3 Å². The average Bonchev–Trinajstić information content (AvgIpc) is 2.99. The number of imidazole rings is 1. The van der Waals surface area contributed by atoms with Gasteiger partial charge in [0.25, 0.3) is 0 Å². The van der Waals surface area contributed by atoms with Crippen molar-refractivity contribution in [2.45, 2.75) is 38.8 Å². The average molecular weight is 278 g/mol. The van der Waals surface area contributed by atoms with Crippen LogP contribution in [0.2, 0.25) is 0 Å². The Labute approximate surface area is 116 Å². The molecule has 0 spiro atoms. The van der Waals surface area contributed by atoms with E-state index in [1.807, 2.05) is 11.8 Å². The molecule has 1 aromatic rings. The molecular formula is C13H18N4O3. The first-order chi connectivity index (χ1) is 9.61. The van der Waals surface area contributed by atoms with E-state index in [0.29, 0.717) is 32.5 Å². The summed E-state index contributed by atoms with van der Waals surface area (Å²) in [7, 11) is 0. The number of rotatable bonds is 2. The van der Waals surface area contributed by atoms with Gasteiger partial charge < -0.3 is 14.9 Å². The number of amides is 2. The van der Waals surface area contributed by atoms with Crippen molar-refractivity contribution >= 4 is 12.1 Å². The Morgan fingerprint density at radius 3 is 2.75 bits per heavy atom. The van der Waals surface area contributed by atoms with E-state index in [9.17, 15) is 9.59 Å². The van der Waals surface area contributed by atoms with Gasteiger partial charge in [-0.25, -0.2) is 14.6 Å². The van der Waals surface area contributed by atoms with Crippen LogP contribution >= 0.6 is 0 Å². The first kappa shape index (κ1) is 13.0. The Morgan fingerprint density at radius 2 is 2.15 bits per heavy atom. The highest BCUT2D eigenvalue weighted by atomic mass is 16.4. The Kier molecular flexibility index (Phi) is 3.11. The maximum Gasteiger partial charge on any atom is 0.407 e. The zero-order chi connectivity index (χ0) is 14.3. The van der Waals surface area contributed by atoms with Gasteiger partial charge in [0.1, 0.15) is 5.82 Å². The number of piperidine rings is 1. The lowest BCUT2D eigenvalue weighted by molar-refractivity contribution is 0.107. The second kappa shape index (κ2) is 4.81. The molecule has 1 saturated heterocycles. The maximum absolute atomic E-state index is 12.5. The fraction of sp³-hybridized carbons (Fsp3) is 0.615. The largest absolute Gasteiger partial charge is 0.465 e. The van der Waals surface area contributed by atoms with Crippen LogP contribution in [0.5, 0.6) is 0 Å². The highest BCUT2D eigenvalue weighted by Crippen LogP contribution is 2.26. The van der Waals surface area contributed by atoms with E-state index in [-0.39, 0.29) is 12.1 Å². The van der Waals surface area contributed by atoms with E-state index in [1.54, 1.807) is 10.8 Å². The molecular weight excluding hydrogens is 260 g/mol. The predicted octanol–water partition coefficient (Wildman–Crippen LogP) is 1.37. The van der Waals surface area contributed by atoms with Crippen LogP contribution in [0.3, 0.4) is 0 Å². The first-order valence-electron chi connectivity index (χ1n) is 6.96. The molecule has 3 rings (SSSR count). The van der Waals surface area contributed by atoms with Gasteiger partial charge in [-0.05, 0) is 12.8 Å². The number of hydrogen-bond donors (Lipinski definition) is 1. The molecule has 2 aliphatic rings. The third kappa shape index (κ3) is 1.93. The van der Waals surface area contributed by atoms with Gasteiger partial charge in [-0.3, -0.25) is 4.57 Å². The van der Waals surface area contributed by atoms with Crippen molar-refractivity contribution in [3.63, 3.8) is 0 Å². The smallest absolute Gasteiger partial charge is 0.407 e. The Balaban J connectivity index is 1.71. The maximum atomic E-state index is 12.5. The van der Waals surface area contributed by atoms with Gasteiger partial charge in [-0.2, -0.15) is 0 Å². The van der Waals surface area contributed by atoms with Gasteiger partial charge in [-0.15, -0.1) is 0 Å². The zero-order valence-corrected chi connectivity index (χ0v) is 11.4. The normalized spacial score (nSPS) is 19.6. The first-order valence-corrected chi connectivity index (χ1v) is 6.96. The third-order valence-electron chi connectivity index (χ3n) is 4.17. The van der Waals surface area contributed by atoms with Crippen molar-refractivity contribution < 1.29 is 14.7 Å². The molecule has 0 aliphatic carbocycles. The van der Waals surface area contributed by atoms with Crippen molar-refractivity contribution in [3.05, 3.63) is 17.7 Å². The van der Waals surface area contributed by atoms with Gasteiger partial charge in [0, 0.05) is 25.6 Å². The molecule has 0 unspecified atom stereocenters. The predicted molar refractivity (Wildman–Crippen MR) is 70.6 cm³/mol. The molecule has 1 aromatic heterocycles. The van der Waals surface area contributed by atoms with E-state index in [2.05, 4.69) is 4.98 Å². The van der Waals surface area contributed by atoms with Crippen molar-refractivity contribution in [1.82, 2.24) is 19.4 Å². The number of carbonyl (C=O) groups is 2. The topological polar surface area (TPSA) is 78.7 Å². The minimum atomic E-state index is -0.875. The molecule has 0 radical (unpaired) electrons. The van der Waals surface area contributed by atoms with Crippen LogP contribution in [-0.4, -0.2) is 55.7 Å². The summed E-state index contributed by atoms with van der Waals surface area (Å²) in [5.74, 6) is 0.801. The molecule has 0 saturated carbocycles. The highest BCUT2D eigenvalue weighted by molar-refractivity contribution is 5.81. The molecule has 7 nitrogen and oxygen atoms in total. The van der Waals surface area contributed by atoms with Gasteiger partial charge in [0.2, 0.25) is 0 Å². The summed E-state index contributed by atoms with van der Waals surface area (Å²) < 4.78 is 1.70. The van der Waals surface area contributed by atoms with E-state index in [1.165, 1.54) is 4.90 Å². The fourth-order valence-electron chi connectivity index (χ4n) is 3.05. The number of fused-ring (bicyclic) bond motifs is 1. The van der Waals surface area contributed by atoms with Gasteiger partial charge >= 0.3 is 12.1 Å². The van der Waals surface area contributed by atoms with E-state index < -0.39 is 6.09 Å². The molecule has 2 aliphatic heterocycles. The van der Waals surface area contributed by atoms with Crippen LogP contribution in [0.4, 0.5) is 9.59 Å². The highest BCUT2D eigenvalue weighted by Gasteiger charge is 2.36. The SMILES string of the molecule is CCc1ncc2n1C(=O)N(C1CCN(C(=O)O)CC1)C2. The second-order valence-electron chi connectivity index (χ2n) is 5.27.